The first-order valence-electron chi connectivity index (χ1n) is 5.73. The van der Waals surface area contributed by atoms with Crippen LogP contribution in [0.1, 0.15) is 35.9 Å². The molecule has 4 nitrogen and oxygen atoms in total. The summed E-state index contributed by atoms with van der Waals surface area (Å²) in [6.07, 6.45) is 3.64. The van der Waals surface area contributed by atoms with Crippen LogP contribution in [0.5, 0.6) is 0 Å². The van der Waals surface area contributed by atoms with Crippen molar-refractivity contribution in [3.63, 3.8) is 0 Å². The lowest BCUT2D eigenvalue weighted by atomic mass is 10.0. The van der Waals surface area contributed by atoms with Crippen LogP contribution in [0, 0.1) is 0 Å². The molecule has 3 rings (SSSR count). The first-order valence-corrected chi connectivity index (χ1v) is 5.73. The fourth-order valence-corrected chi connectivity index (χ4v) is 2.60. The van der Waals surface area contributed by atoms with Gasteiger partial charge < -0.3 is 10.1 Å². The van der Waals surface area contributed by atoms with E-state index in [1.54, 1.807) is 0 Å². The third-order valence-corrected chi connectivity index (χ3v) is 3.38. The van der Waals surface area contributed by atoms with Crippen molar-refractivity contribution in [2.75, 3.05) is 13.2 Å². The van der Waals surface area contributed by atoms with Crippen LogP contribution in [-0.4, -0.2) is 22.9 Å². The molecule has 3 heterocycles. The Balaban J connectivity index is 1.99. The van der Waals surface area contributed by atoms with Gasteiger partial charge in [-0.05, 0) is 12.8 Å². The summed E-state index contributed by atoms with van der Waals surface area (Å²) in [4.78, 5) is 0. The first-order chi connectivity index (χ1) is 7.36. The average Bonchev–Trinajstić information content (AvgIpc) is 2.87. The van der Waals surface area contributed by atoms with Crippen molar-refractivity contribution in [2.24, 2.45) is 7.05 Å². The predicted octanol–water partition coefficient (Wildman–Crippen LogP) is 0.917. The van der Waals surface area contributed by atoms with E-state index in [0.717, 1.165) is 32.5 Å². The van der Waals surface area contributed by atoms with Crippen molar-refractivity contribution < 1.29 is 4.74 Å². The molecule has 0 spiro atoms. The van der Waals surface area contributed by atoms with E-state index < -0.39 is 0 Å². The lowest BCUT2D eigenvalue weighted by molar-refractivity contribution is 0.107. The molecule has 0 saturated carbocycles. The maximum Gasteiger partial charge on any atom is 0.102 e. The van der Waals surface area contributed by atoms with Gasteiger partial charge in [-0.3, -0.25) is 4.68 Å². The molecule has 0 aromatic carbocycles. The van der Waals surface area contributed by atoms with E-state index in [1.807, 2.05) is 11.7 Å². The van der Waals surface area contributed by atoms with Crippen LogP contribution in [0.15, 0.2) is 0 Å². The maximum atomic E-state index is 5.71. The summed E-state index contributed by atoms with van der Waals surface area (Å²) in [6.45, 7) is 2.92. The summed E-state index contributed by atoms with van der Waals surface area (Å²) in [5.41, 5.74) is 3.95. The summed E-state index contributed by atoms with van der Waals surface area (Å²) in [6, 6.07) is 0. The fraction of sp³-hybridized carbons (Fsp3) is 0.727. The lowest BCUT2D eigenvalue weighted by Gasteiger charge is -2.15. The van der Waals surface area contributed by atoms with Crippen LogP contribution in [0.25, 0.3) is 0 Å². The Morgan fingerprint density at radius 1 is 1.53 bits per heavy atom. The molecule has 15 heavy (non-hydrogen) atoms. The van der Waals surface area contributed by atoms with Crippen LogP contribution < -0.4 is 5.32 Å². The molecule has 0 amide bonds. The minimum Gasteiger partial charge on any atom is -0.372 e. The number of hydrogen-bond donors (Lipinski definition) is 1. The number of nitrogens with zero attached hydrogens (tertiary/aromatic N) is 2. The van der Waals surface area contributed by atoms with Crippen LogP contribution >= 0.6 is 0 Å². The van der Waals surface area contributed by atoms with Crippen molar-refractivity contribution in [2.45, 2.75) is 31.9 Å². The van der Waals surface area contributed by atoms with Crippen LogP contribution in [0.2, 0.25) is 0 Å². The largest absolute Gasteiger partial charge is 0.372 e. The van der Waals surface area contributed by atoms with E-state index in [2.05, 4.69) is 10.4 Å². The van der Waals surface area contributed by atoms with Gasteiger partial charge in [0.1, 0.15) is 6.10 Å². The highest BCUT2D eigenvalue weighted by atomic mass is 16.5. The van der Waals surface area contributed by atoms with Gasteiger partial charge in [0, 0.05) is 44.4 Å². The number of nitrogens with one attached hydrogen (secondary N) is 1. The Kier molecular flexibility index (Phi) is 2.25. The molecular weight excluding hydrogens is 190 g/mol. The van der Waals surface area contributed by atoms with Crippen LogP contribution in [-0.2, 0) is 24.8 Å². The highest BCUT2D eigenvalue weighted by Crippen LogP contribution is 2.32. The zero-order valence-corrected chi connectivity index (χ0v) is 9.12. The summed E-state index contributed by atoms with van der Waals surface area (Å²) in [5, 5.41) is 8.04. The van der Waals surface area contributed by atoms with E-state index >= 15 is 0 Å². The molecule has 1 aromatic heterocycles. The summed E-state index contributed by atoms with van der Waals surface area (Å²) >= 11 is 0. The molecule has 0 radical (unpaired) electrons. The van der Waals surface area contributed by atoms with Gasteiger partial charge in [0.05, 0.1) is 5.69 Å². The molecule has 1 atom stereocenters. The van der Waals surface area contributed by atoms with E-state index in [9.17, 15) is 0 Å². The average molecular weight is 207 g/mol. The molecule has 1 unspecified atom stereocenters. The Morgan fingerprint density at radius 3 is 3.27 bits per heavy atom. The molecule has 0 bridgehead atoms. The van der Waals surface area contributed by atoms with Gasteiger partial charge in [-0.25, -0.2) is 0 Å². The third kappa shape index (κ3) is 1.48. The molecule has 82 valence electrons. The normalized spacial score (nSPS) is 25.5. The van der Waals surface area contributed by atoms with Crippen molar-refractivity contribution in [1.29, 1.82) is 0 Å². The smallest absolute Gasteiger partial charge is 0.102 e. The Bertz CT molecular complexity index is 366. The molecule has 2 aliphatic heterocycles. The molecular formula is C11H17N3O. The number of fused-ring (bicyclic) bond motifs is 1. The monoisotopic (exact) mass is 207 g/mol. The van der Waals surface area contributed by atoms with Crippen molar-refractivity contribution in [1.82, 2.24) is 15.1 Å². The fourth-order valence-electron chi connectivity index (χ4n) is 2.60. The van der Waals surface area contributed by atoms with Gasteiger partial charge in [0.15, 0.2) is 0 Å². The van der Waals surface area contributed by atoms with Crippen LogP contribution in [0.3, 0.4) is 0 Å². The number of ether oxygens (including phenoxy) is 1. The third-order valence-electron chi connectivity index (χ3n) is 3.38. The van der Waals surface area contributed by atoms with E-state index in [0.29, 0.717) is 0 Å². The number of aryl methyl sites for hydroxylation is 1. The molecule has 0 aliphatic carbocycles. The molecule has 1 fully saturated rings. The standard InChI is InChI=1S/C11H17N3O/c1-14-9-4-5-12-7-8(9)11(13-14)10-3-2-6-15-10/h10,12H,2-7H2,1H3. The molecule has 1 saturated heterocycles. The highest BCUT2D eigenvalue weighted by Gasteiger charge is 2.27. The summed E-state index contributed by atoms with van der Waals surface area (Å²) in [5.74, 6) is 0. The van der Waals surface area contributed by atoms with Gasteiger partial charge in [-0.2, -0.15) is 5.10 Å². The van der Waals surface area contributed by atoms with Gasteiger partial charge in [0.2, 0.25) is 0 Å². The summed E-state index contributed by atoms with van der Waals surface area (Å²) in [7, 11) is 2.04. The minimum absolute atomic E-state index is 0.250. The van der Waals surface area contributed by atoms with E-state index in [-0.39, 0.29) is 6.10 Å². The number of rotatable bonds is 1. The molecule has 4 heteroatoms. The SMILES string of the molecule is Cn1nc(C2CCCO2)c2c1CCNC2. The number of aromatic nitrogens is 2. The lowest BCUT2D eigenvalue weighted by Crippen LogP contribution is -2.25. The maximum absolute atomic E-state index is 5.71. The Morgan fingerprint density at radius 2 is 2.47 bits per heavy atom. The Hall–Kier alpha value is -0.870. The van der Waals surface area contributed by atoms with Gasteiger partial charge in [-0.1, -0.05) is 0 Å². The topological polar surface area (TPSA) is 39.1 Å². The van der Waals surface area contributed by atoms with E-state index in [1.165, 1.54) is 23.4 Å². The Labute approximate surface area is 89.6 Å². The highest BCUT2D eigenvalue weighted by molar-refractivity contribution is 5.30. The predicted molar refractivity (Wildman–Crippen MR) is 56.5 cm³/mol. The summed E-state index contributed by atoms with van der Waals surface area (Å²) < 4.78 is 7.75. The number of hydrogen-bond acceptors (Lipinski definition) is 3. The van der Waals surface area contributed by atoms with Crippen molar-refractivity contribution in [3.05, 3.63) is 17.0 Å². The van der Waals surface area contributed by atoms with Gasteiger partial charge in [-0.15, -0.1) is 0 Å². The first kappa shape index (κ1) is 9.36. The van der Waals surface area contributed by atoms with Crippen LogP contribution in [0.4, 0.5) is 0 Å². The van der Waals surface area contributed by atoms with Gasteiger partial charge in [0.25, 0.3) is 0 Å². The molecule has 2 aliphatic rings. The molecule has 1 aromatic rings. The zero-order valence-electron chi connectivity index (χ0n) is 9.12. The quantitative estimate of drug-likeness (QED) is 0.744. The van der Waals surface area contributed by atoms with Crippen molar-refractivity contribution >= 4 is 0 Å². The second-order valence-corrected chi connectivity index (χ2v) is 4.36. The minimum atomic E-state index is 0.250. The van der Waals surface area contributed by atoms with E-state index in [4.69, 9.17) is 4.74 Å². The molecule has 1 N–H and O–H groups in total. The second kappa shape index (κ2) is 3.61. The van der Waals surface area contributed by atoms with Crippen molar-refractivity contribution in [3.8, 4) is 0 Å². The second-order valence-electron chi connectivity index (χ2n) is 4.36. The zero-order chi connectivity index (χ0) is 10.3. The van der Waals surface area contributed by atoms with Gasteiger partial charge >= 0.3 is 0 Å².